The summed E-state index contributed by atoms with van der Waals surface area (Å²) in [6, 6.07) is 2.13. The van der Waals surface area contributed by atoms with Crippen LogP contribution in [-0.2, 0) is 7.05 Å². The van der Waals surface area contributed by atoms with Crippen molar-refractivity contribution in [2.75, 3.05) is 31.1 Å². The Morgan fingerprint density at radius 2 is 1.96 bits per heavy atom. The Labute approximate surface area is 141 Å². The van der Waals surface area contributed by atoms with Gasteiger partial charge in [-0.3, -0.25) is 9.48 Å². The summed E-state index contributed by atoms with van der Waals surface area (Å²) in [5.74, 6) is 1.65. The van der Waals surface area contributed by atoms with Crippen LogP contribution in [-0.4, -0.2) is 56.7 Å². The molecule has 0 bridgehead atoms. The maximum absolute atomic E-state index is 12.5. The fraction of sp³-hybridized carbons (Fsp3) is 0.529. The lowest BCUT2D eigenvalue weighted by Crippen LogP contribution is -2.49. The molecule has 1 aliphatic carbocycles. The SMILES string of the molecule is Cn1cc(C(=O)N2CCN(c3cc(C4CCC4)ncn3)CC2)cn1. The van der Waals surface area contributed by atoms with E-state index in [0.717, 1.165) is 18.9 Å². The Bertz CT molecular complexity index is 730. The van der Waals surface area contributed by atoms with E-state index >= 15 is 0 Å². The smallest absolute Gasteiger partial charge is 0.257 e. The predicted octanol–water partition coefficient (Wildman–Crippen LogP) is 1.44. The number of anilines is 1. The van der Waals surface area contributed by atoms with Gasteiger partial charge in [0, 0.05) is 57.1 Å². The molecule has 0 spiro atoms. The number of hydrogen-bond donors (Lipinski definition) is 0. The second-order valence-corrected chi connectivity index (χ2v) is 6.61. The average molecular weight is 326 g/mol. The fourth-order valence-corrected chi connectivity index (χ4v) is 3.31. The van der Waals surface area contributed by atoms with Gasteiger partial charge in [0.2, 0.25) is 0 Å². The highest BCUT2D eigenvalue weighted by molar-refractivity contribution is 5.93. The molecular formula is C17H22N6O. The van der Waals surface area contributed by atoms with Crippen LogP contribution in [0.1, 0.15) is 41.2 Å². The maximum atomic E-state index is 12.5. The minimum absolute atomic E-state index is 0.0561. The van der Waals surface area contributed by atoms with Crippen molar-refractivity contribution in [3.8, 4) is 0 Å². The van der Waals surface area contributed by atoms with Gasteiger partial charge in [0.25, 0.3) is 5.91 Å². The van der Waals surface area contributed by atoms with Gasteiger partial charge in [-0.05, 0) is 12.8 Å². The van der Waals surface area contributed by atoms with E-state index in [0.29, 0.717) is 24.6 Å². The van der Waals surface area contributed by atoms with Gasteiger partial charge in [0.05, 0.1) is 11.8 Å². The fourth-order valence-electron chi connectivity index (χ4n) is 3.31. The number of aryl methyl sites for hydroxylation is 1. The molecule has 126 valence electrons. The summed E-state index contributed by atoms with van der Waals surface area (Å²) in [5.41, 5.74) is 1.82. The first-order valence-electron chi connectivity index (χ1n) is 8.55. The molecule has 3 heterocycles. The van der Waals surface area contributed by atoms with Crippen molar-refractivity contribution in [1.82, 2.24) is 24.6 Å². The van der Waals surface area contributed by atoms with E-state index in [4.69, 9.17) is 0 Å². The standard InChI is InChI=1S/C17H22N6O/c1-21-11-14(10-20-21)17(24)23-7-5-22(6-8-23)16-9-15(18-12-19-16)13-3-2-4-13/h9-13H,2-8H2,1H3. The molecule has 1 saturated heterocycles. The third-order valence-electron chi connectivity index (χ3n) is 5.04. The van der Waals surface area contributed by atoms with Crippen molar-refractivity contribution in [1.29, 1.82) is 0 Å². The number of carbonyl (C=O) groups is 1. The molecule has 7 heteroatoms. The minimum Gasteiger partial charge on any atom is -0.353 e. The quantitative estimate of drug-likeness (QED) is 0.854. The highest BCUT2D eigenvalue weighted by atomic mass is 16.2. The van der Waals surface area contributed by atoms with Crippen LogP contribution < -0.4 is 4.90 Å². The lowest BCUT2D eigenvalue weighted by molar-refractivity contribution is 0.0746. The van der Waals surface area contributed by atoms with E-state index in [-0.39, 0.29) is 5.91 Å². The van der Waals surface area contributed by atoms with Crippen molar-refractivity contribution in [3.05, 3.63) is 36.0 Å². The van der Waals surface area contributed by atoms with Crippen LogP contribution in [0.25, 0.3) is 0 Å². The molecule has 1 aliphatic heterocycles. The number of hydrogen-bond acceptors (Lipinski definition) is 5. The number of aromatic nitrogens is 4. The van der Waals surface area contributed by atoms with Gasteiger partial charge < -0.3 is 9.80 Å². The number of rotatable bonds is 3. The van der Waals surface area contributed by atoms with Gasteiger partial charge in [-0.25, -0.2) is 9.97 Å². The summed E-state index contributed by atoms with van der Waals surface area (Å²) in [6.07, 6.45) is 8.86. The molecule has 2 aromatic rings. The Morgan fingerprint density at radius 1 is 1.17 bits per heavy atom. The Morgan fingerprint density at radius 3 is 2.58 bits per heavy atom. The van der Waals surface area contributed by atoms with Crippen LogP contribution in [0.2, 0.25) is 0 Å². The summed E-state index contributed by atoms with van der Waals surface area (Å²) < 4.78 is 1.66. The zero-order valence-corrected chi connectivity index (χ0v) is 13.9. The van der Waals surface area contributed by atoms with Crippen molar-refractivity contribution in [3.63, 3.8) is 0 Å². The molecular weight excluding hydrogens is 304 g/mol. The highest BCUT2D eigenvalue weighted by Crippen LogP contribution is 2.35. The van der Waals surface area contributed by atoms with Crippen LogP contribution >= 0.6 is 0 Å². The van der Waals surface area contributed by atoms with Gasteiger partial charge in [0.15, 0.2) is 0 Å². The molecule has 1 saturated carbocycles. The molecule has 7 nitrogen and oxygen atoms in total. The monoisotopic (exact) mass is 326 g/mol. The highest BCUT2D eigenvalue weighted by Gasteiger charge is 2.25. The van der Waals surface area contributed by atoms with E-state index in [1.54, 1.807) is 23.4 Å². The van der Waals surface area contributed by atoms with Crippen molar-refractivity contribution in [2.45, 2.75) is 25.2 Å². The van der Waals surface area contributed by atoms with Crippen LogP contribution in [0, 0.1) is 0 Å². The van der Waals surface area contributed by atoms with Gasteiger partial charge in [-0.1, -0.05) is 6.42 Å². The number of carbonyl (C=O) groups excluding carboxylic acids is 1. The van der Waals surface area contributed by atoms with Gasteiger partial charge in [-0.2, -0.15) is 5.10 Å². The molecule has 0 radical (unpaired) electrons. The molecule has 4 rings (SSSR count). The van der Waals surface area contributed by atoms with E-state index in [2.05, 4.69) is 26.0 Å². The van der Waals surface area contributed by atoms with Gasteiger partial charge >= 0.3 is 0 Å². The van der Waals surface area contributed by atoms with E-state index in [1.807, 2.05) is 11.9 Å². The Balaban J connectivity index is 1.40. The van der Waals surface area contributed by atoms with Crippen LogP contribution in [0.5, 0.6) is 0 Å². The van der Waals surface area contributed by atoms with Crippen molar-refractivity contribution < 1.29 is 4.79 Å². The molecule has 0 N–H and O–H groups in total. The summed E-state index contributed by atoms with van der Waals surface area (Å²) in [7, 11) is 1.82. The molecule has 24 heavy (non-hydrogen) atoms. The molecule has 0 unspecified atom stereocenters. The van der Waals surface area contributed by atoms with Crippen molar-refractivity contribution >= 4 is 11.7 Å². The topological polar surface area (TPSA) is 67.2 Å². The lowest BCUT2D eigenvalue weighted by atomic mass is 9.83. The molecule has 2 aliphatic rings. The number of piperazine rings is 1. The van der Waals surface area contributed by atoms with Gasteiger partial charge in [-0.15, -0.1) is 0 Å². The molecule has 2 fully saturated rings. The number of amides is 1. The first-order chi connectivity index (χ1) is 11.7. The molecule has 0 aromatic carbocycles. The van der Waals surface area contributed by atoms with Crippen molar-refractivity contribution in [2.24, 2.45) is 7.05 Å². The van der Waals surface area contributed by atoms with Crippen LogP contribution in [0.15, 0.2) is 24.8 Å². The first kappa shape index (κ1) is 15.1. The van der Waals surface area contributed by atoms with E-state index in [9.17, 15) is 4.79 Å². The second kappa shape index (κ2) is 6.22. The summed E-state index contributed by atoms with van der Waals surface area (Å²) in [6.45, 7) is 3.01. The zero-order valence-electron chi connectivity index (χ0n) is 13.9. The third kappa shape index (κ3) is 2.86. The Hall–Kier alpha value is -2.44. The van der Waals surface area contributed by atoms with E-state index < -0.39 is 0 Å². The third-order valence-corrected chi connectivity index (χ3v) is 5.04. The predicted molar refractivity (Wildman–Crippen MR) is 89.9 cm³/mol. The number of nitrogens with zero attached hydrogens (tertiary/aromatic N) is 6. The maximum Gasteiger partial charge on any atom is 0.257 e. The van der Waals surface area contributed by atoms with Gasteiger partial charge in [0.1, 0.15) is 12.1 Å². The second-order valence-electron chi connectivity index (χ2n) is 6.61. The lowest BCUT2D eigenvalue weighted by Gasteiger charge is -2.35. The minimum atomic E-state index is 0.0561. The van der Waals surface area contributed by atoms with Crippen LogP contribution in [0.3, 0.4) is 0 Å². The zero-order chi connectivity index (χ0) is 16.5. The first-order valence-corrected chi connectivity index (χ1v) is 8.55. The van der Waals surface area contributed by atoms with E-state index in [1.165, 1.54) is 25.0 Å². The average Bonchev–Trinajstić information content (AvgIpc) is 3.00. The largest absolute Gasteiger partial charge is 0.353 e. The normalized spacial score (nSPS) is 18.5. The Kier molecular flexibility index (Phi) is 3.92. The van der Waals surface area contributed by atoms with Crippen LogP contribution in [0.4, 0.5) is 5.82 Å². The summed E-state index contributed by atoms with van der Waals surface area (Å²) in [4.78, 5) is 25.5. The summed E-state index contributed by atoms with van der Waals surface area (Å²) in [5, 5.41) is 4.08. The summed E-state index contributed by atoms with van der Waals surface area (Å²) >= 11 is 0. The molecule has 2 aromatic heterocycles. The molecule has 0 atom stereocenters. The molecule has 1 amide bonds.